The van der Waals surface area contributed by atoms with Crippen LogP contribution in [0.4, 0.5) is 0 Å². The number of nitrogens with one attached hydrogen (secondary N) is 2. The molecule has 0 atom stereocenters. The van der Waals surface area contributed by atoms with Gasteiger partial charge in [0.1, 0.15) is 9.79 Å². The van der Waals surface area contributed by atoms with Gasteiger partial charge in [-0.1, -0.05) is 42.5 Å². The zero-order valence-corrected chi connectivity index (χ0v) is 17.6. The van der Waals surface area contributed by atoms with E-state index in [9.17, 15) is 21.6 Å². The molecule has 0 aliphatic heterocycles. The molecule has 31 heavy (non-hydrogen) atoms. The minimum Gasteiger partial charge on any atom is -0.355 e. The van der Waals surface area contributed by atoms with Gasteiger partial charge in [-0.3, -0.25) is 4.79 Å². The summed E-state index contributed by atoms with van der Waals surface area (Å²) < 4.78 is 50.7. The minimum atomic E-state index is -4.48. The lowest BCUT2D eigenvalue weighted by Gasteiger charge is -2.10. The summed E-state index contributed by atoms with van der Waals surface area (Å²) in [6, 6.07) is 20.9. The first kappa shape index (κ1) is 20.8. The van der Waals surface area contributed by atoms with Crippen LogP contribution in [0.2, 0.25) is 0 Å². The molecule has 0 saturated heterocycles. The Labute approximate surface area is 178 Å². The van der Waals surface area contributed by atoms with Crippen molar-refractivity contribution < 1.29 is 21.6 Å². The van der Waals surface area contributed by atoms with Crippen molar-refractivity contribution in [1.29, 1.82) is 0 Å². The first-order valence-electron chi connectivity index (χ1n) is 9.02. The lowest BCUT2D eigenvalue weighted by atomic mass is 10.1. The van der Waals surface area contributed by atoms with Crippen molar-refractivity contribution in [1.82, 2.24) is 9.71 Å². The summed E-state index contributed by atoms with van der Waals surface area (Å²) in [5.41, 5.74) is 2.69. The molecule has 3 aromatic carbocycles. The van der Waals surface area contributed by atoms with Crippen LogP contribution >= 0.6 is 0 Å². The van der Waals surface area contributed by atoms with Crippen LogP contribution in [0.15, 0.2) is 88.7 Å². The molecule has 0 aliphatic rings. The number of aromatic amines is 1. The molecule has 0 bridgehead atoms. The Morgan fingerprint density at radius 3 is 2.13 bits per heavy atom. The summed E-state index contributed by atoms with van der Waals surface area (Å²) in [6.07, 6.45) is 0. The quantitative estimate of drug-likeness (QED) is 0.424. The Balaban J connectivity index is 1.66. The molecule has 0 fully saturated rings. The topological polar surface area (TPSA) is 139 Å². The third-order valence-corrected chi connectivity index (χ3v) is 7.13. The highest BCUT2D eigenvalue weighted by Gasteiger charge is 2.26. The normalized spacial score (nSPS) is 12.0. The number of rotatable bonds is 5. The van der Waals surface area contributed by atoms with Crippen molar-refractivity contribution >= 4 is 36.9 Å². The van der Waals surface area contributed by atoms with E-state index in [0.717, 1.165) is 28.9 Å². The zero-order valence-electron chi connectivity index (χ0n) is 15.9. The van der Waals surface area contributed by atoms with E-state index in [1.807, 2.05) is 41.1 Å². The SMILES string of the molecule is NS(=O)(=O)c1ccccc1S(=O)(=O)NC(=O)c1ccc2[nH]c(-c3ccccc3)cc2c1. The number of fused-ring (bicyclic) bond motifs is 1. The number of amides is 1. The minimum absolute atomic E-state index is 0.0998. The van der Waals surface area contributed by atoms with Gasteiger partial charge in [0.05, 0.1) is 0 Å². The van der Waals surface area contributed by atoms with Crippen LogP contribution < -0.4 is 9.86 Å². The molecule has 4 N–H and O–H groups in total. The van der Waals surface area contributed by atoms with Gasteiger partial charge in [-0.05, 0) is 42.0 Å². The van der Waals surface area contributed by atoms with Gasteiger partial charge in [0, 0.05) is 22.2 Å². The van der Waals surface area contributed by atoms with Crippen LogP contribution in [0.3, 0.4) is 0 Å². The fourth-order valence-electron chi connectivity index (χ4n) is 3.19. The summed E-state index contributed by atoms with van der Waals surface area (Å²) in [6.45, 7) is 0. The lowest BCUT2D eigenvalue weighted by Crippen LogP contribution is -2.32. The second-order valence-electron chi connectivity index (χ2n) is 6.78. The number of primary sulfonamides is 1. The highest BCUT2D eigenvalue weighted by atomic mass is 32.2. The third-order valence-electron chi connectivity index (χ3n) is 4.64. The zero-order chi connectivity index (χ0) is 22.2. The van der Waals surface area contributed by atoms with Crippen molar-refractivity contribution in [3.05, 3.63) is 84.4 Å². The van der Waals surface area contributed by atoms with Gasteiger partial charge in [0.2, 0.25) is 10.0 Å². The molecule has 1 aromatic heterocycles. The van der Waals surface area contributed by atoms with E-state index in [1.165, 1.54) is 18.2 Å². The van der Waals surface area contributed by atoms with Crippen LogP contribution in [-0.4, -0.2) is 27.7 Å². The predicted octanol–water partition coefficient (Wildman–Crippen LogP) is 2.60. The standard InChI is InChI=1S/C21H17N3O5S2/c22-30(26,27)19-8-4-5-9-20(19)31(28,29)24-21(25)15-10-11-17-16(12-15)13-18(23-17)14-6-2-1-3-7-14/h1-13,23H,(H,24,25)(H2,22,26,27). The number of H-pyrrole nitrogens is 1. The number of carbonyl (C=O) groups is 1. The van der Waals surface area contributed by atoms with Gasteiger partial charge in [-0.25, -0.2) is 26.7 Å². The van der Waals surface area contributed by atoms with Crippen LogP contribution in [0.5, 0.6) is 0 Å². The first-order valence-corrected chi connectivity index (χ1v) is 12.1. The summed E-state index contributed by atoms with van der Waals surface area (Å²) in [7, 11) is -8.78. The van der Waals surface area contributed by atoms with E-state index >= 15 is 0 Å². The van der Waals surface area contributed by atoms with Gasteiger partial charge in [0.15, 0.2) is 0 Å². The van der Waals surface area contributed by atoms with E-state index in [1.54, 1.807) is 12.1 Å². The maximum atomic E-state index is 12.7. The molecule has 0 radical (unpaired) electrons. The number of carbonyl (C=O) groups excluding carboxylic acids is 1. The van der Waals surface area contributed by atoms with Crippen LogP contribution in [0.1, 0.15) is 10.4 Å². The molecule has 0 saturated carbocycles. The molecular formula is C21H17N3O5S2. The number of benzene rings is 3. The van der Waals surface area contributed by atoms with Gasteiger partial charge >= 0.3 is 0 Å². The Bertz CT molecular complexity index is 1510. The number of nitrogens with two attached hydrogens (primary N) is 1. The number of sulfonamides is 2. The van der Waals surface area contributed by atoms with Crippen LogP contribution in [0.25, 0.3) is 22.2 Å². The largest absolute Gasteiger partial charge is 0.355 e. The lowest BCUT2D eigenvalue weighted by molar-refractivity contribution is 0.0981. The van der Waals surface area contributed by atoms with Crippen molar-refractivity contribution in [3.8, 4) is 11.3 Å². The van der Waals surface area contributed by atoms with E-state index < -0.39 is 35.7 Å². The Morgan fingerprint density at radius 1 is 0.806 bits per heavy atom. The Morgan fingerprint density at radius 2 is 1.45 bits per heavy atom. The van der Waals surface area contributed by atoms with Gasteiger partial charge in [0.25, 0.3) is 15.9 Å². The fourth-order valence-corrected chi connectivity index (χ4v) is 5.55. The monoisotopic (exact) mass is 455 g/mol. The van der Waals surface area contributed by atoms with Crippen molar-refractivity contribution in [3.63, 3.8) is 0 Å². The summed E-state index contributed by atoms with van der Waals surface area (Å²) in [5.74, 6) is -0.895. The average Bonchev–Trinajstić information content (AvgIpc) is 3.17. The van der Waals surface area contributed by atoms with Gasteiger partial charge in [-0.2, -0.15) is 0 Å². The number of hydrogen-bond donors (Lipinski definition) is 3. The maximum absolute atomic E-state index is 12.7. The first-order chi connectivity index (χ1) is 14.6. The van der Waals surface area contributed by atoms with Crippen molar-refractivity contribution in [2.75, 3.05) is 0 Å². The Hall–Kier alpha value is -3.47. The predicted molar refractivity (Wildman–Crippen MR) is 116 cm³/mol. The number of aromatic nitrogens is 1. The van der Waals surface area contributed by atoms with Crippen LogP contribution in [0, 0.1) is 0 Å². The van der Waals surface area contributed by atoms with Crippen LogP contribution in [-0.2, 0) is 20.0 Å². The van der Waals surface area contributed by atoms with E-state index in [-0.39, 0.29) is 5.56 Å². The molecule has 1 heterocycles. The van der Waals surface area contributed by atoms with E-state index in [2.05, 4.69) is 4.98 Å². The molecule has 10 heteroatoms. The van der Waals surface area contributed by atoms with E-state index in [4.69, 9.17) is 5.14 Å². The molecule has 0 aliphatic carbocycles. The molecule has 0 unspecified atom stereocenters. The molecule has 1 amide bonds. The van der Waals surface area contributed by atoms with Crippen molar-refractivity contribution in [2.24, 2.45) is 5.14 Å². The maximum Gasteiger partial charge on any atom is 0.265 e. The smallest absolute Gasteiger partial charge is 0.265 e. The molecule has 8 nitrogen and oxygen atoms in total. The summed E-state index contributed by atoms with van der Waals surface area (Å²) in [5, 5.41) is 5.82. The molecule has 4 rings (SSSR count). The average molecular weight is 456 g/mol. The Kier molecular flexibility index (Phi) is 5.13. The molecule has 158 valence electrons. The van der Waals surface area contributed by atoms with Crippen molar-refractivity contribution in [2.45, 2.75) is 9.79 Å². The molecule has 0 spiro atoms. The number of hydrogen-bond acceptors (Lipinski definition) is 5. The van der Waals surface area contributed by atoms with E-state index in [0.29, 0.717) is 5.39 Å². The second kappa shape index (κ2) is 7.65. The summed E-state index contributed by atoms with van der Waals surface area (Å²) in [4.78, 5) is 14.7. The van der Waals surface area contributed by atoms with Gasteiger partial charge in [-0.15, -0.1) is 0 Å². The highest BCUT2D eigenvalue weighted by molar-refractivity contribution is 7.92. The second-order valence-corrected chi connectivity index (χ2v) is 9.96. The molecule has 4 aromatic rings. The fraction of sp³-hybridized carbons (Fsp3) is 0. The third kappa shape index (κ3) is 4.22. The summed E-state index contributed by atoms with van der Waals surface area (Å²) >= 11 is 0. The molecular weight excluding hydrogens is 438 g/mol. The highest BCUT2D eigenvalue weighted by Crippen LogP contribution is 2.25. The van der Waals surface area contributed by atoms with Gasteiger partial charge < -0.3 is 4.98 Å².